The van der Waals surface area contributed by atoms with E-state index in [9.17, 15) is 23.3 Å². The fourth-order valence-electron chi connectivity index (χ4n) is 3.75. The average Bonchev–Trinajstić information content (AvgIpc) is 3.16. The van der Waals surface area contributed by atoms with E-state index in [1.807, 2.05) is 0 Å². The van der Waals surface area contributed by atoms with Crippen molar-refractivity contribution in [3.05, 3.63) is 34.4 Å². The Bertz CT molecular complexity index is 811. The van der Waals surface area contributed by atoms with Gasteiger partial charge in [-0.1, -0.05) is 6.42 Å². The van der Waals surface area contributed by atoms with Crippen LogP contribution in [0, 0.1) is 16.0 Å². The molecule has 1 aromatic carbocycles. The lowest BCUT2D eigenvalue weighted by Gasteiger charge is -2.35. The number of nitrogens with zero attached hydrogens (tertiary/aromatic N) is 3. The van der Waals surface area contributed by atoms with Gasteiger partial charge in [0.1, 0.15) is 6.04 Å². The number of benzene rings is 1. The molecular weight excluding hydrogens is 372 g/mol. The topological polar surface area (TPSA) is 127 Å². The van der Waals surface area contributed by atoms with Gasteiger partial charge in [-0.15, -0.1) is 0 Å². The van der Waals surface area contributed by atoms with Gasteiger partial charge in [-0.05, 0) is 43.9 Å². The van der Waals surface area contributed by atoms with E-state index in [1.165, 1.54) is 28.6 Å². The third-order valence-corrected chi connectivity index (χ3v) is 7.25. The van der Waals surface area contributed by atoms with Gasteiger partial charge in [-0.3, -0.25) is 14.9 Å². The van der Waals surface area contributed by atoms with E-state index in [4.69, 9.17) is 5.73 Å². The molecule has 0 spiro atoms. The summed E-state index contributed by atoms with van der Waals surface area (Å²) in [6.07, 6.45) is 2.79. The predicted molar refractivity (Wildman–Crippen MR) is 98.4 cm³/mol. The molecule has 2 unspecified atom stereocenters. The smallest absolute Gasteiger partial charge is 0.269 e. The molecule has 0 aromatic heterocycles. The summed E-state index contributed by atoms with van der Waals surface area (Å²) in [7, 11) is -3.91. The van der Waals surface area contributed by atoms with Gasteiger partial charge in [0.2, 0.25) is 15.9 Å². The Balaban J connectivity index is 1.83. The number of rotatable bonds is 5. The molecule has 2 N–H and O–H groups in total. The molecule has 1 amide bonds. The van der Waals surface area contributed by atoms with Crippen molar-refractivity contribution in [3.63, 3.8) is 0 Å². The molecule has 0 saturated carbocycles. The number of non-ortho nitro benzene ring substituents is 1. The number of nitrogens with two attached hydrogens (primary N) is 1. The van der Waals surface area contributed by atoms with Crippen LogP contribution >= 0.6 is 0 Å². The van der Waals surface area contributed by atoms with E-state index in [1.54, 1.807) is 4.90 Å². The molecule has 10 heteroatoms. The molecule has 3 rings (SSSR count). The largest absolute Gasteiger partial charge is 0.341 e. The summed E-state index contributed by atoms with van der Waals surface area (Å²) in [5.41, 5.74) is 5.51. The maximum absolute atomic E-state index is 13.1. The number of piperidine rings is 1. The molecule has 1 aromatic rings. The maximum atomic E-state index is 13.1. The molecule has 0 radical (unpaired) electrons. The first-order valence-electron chi connectivity index (χ1n) is 9.09. The minimum absolute atomic E-state index is 0.0333. The molecule has 9 nitrogen and oxygen atoms in total. The van der Waals surface area contributed by atoms with Gasteiger partial charge >= 0.3 is 0 Å². The summed E-state index contributed by atoms with van der Waals surface area (Å²) in [6.45, 7) is 1.95. The molecule has 0 aliphatic carbocycles. The van der Waals surface area contributed by atoms with Crippen molar-refractivity contribution < 1.29 is 18.1 Å². The fourth-order valence-corrected chi connectivity index (χ4v) is 5.40. The van der Waals surface area contributed by atoms with Crippen molar-refractivity contribution in [1.82, 2.24) is 9.21 Å². The number of hydrogen-bond acceptors (Lipinski definition) is 6. The molecule has 148 valence electrons. The lowest BCUT2D eigenvalue weighted by Crippen LogP contribution is -2.52. The van der Waals surface area contributed by atoms with Crippen LogP contribution in [0.5, 0.6) is 0 Å². The van der Waals surface area contributed by atoms with E-state index >= 15 is 0 Å². The molecule has 2 fully saturated rings. The number of amides is 1. The van der Waals surface area contributed by atoms with Crippen molar-refractivity contribution in [2.45, 2.75) is 36.6 Å². The Labute approximate surface area is 158 Å². The van der Waals surface area contributed by atoms with Crippen LogP contribution < -0.4 is 5.73 Å². The van der Waals surface area contributed by atoms with Gasteiger partial charge in [0.05, 0.1) is 9.82 Å². The zero-order chi connectivity index (χ0) is 19.6. The molecule has 27 heavy (non-hydrogen) atoms. The van der Waals surface area contributed by atoms with Crippen LogP contribution in [0.15, 0.2) is 29.2 Å². The van der Waals surface area contributed by atoms with Gasteiger partial charge in [0.15, 0.2) is 0 Å². The number of nitro benzene ring substituents is 1. The molecule has 2 heterocycles. The fraction of sp³-hybridized carbons (Fsp3) is 0.588. The summed E-state index contributed by atoms with van der Waals surface area (Å²) in [5.74, 6) is 0.0911. The van der Waals surface area contributed by atoms with Crippen LogP contribution in [0.2, 0.25) is 0 Å². The van der Waals surface area contributed by atoms with Crippen LogP contribution in [-0.2, 0) is 14.8 Å². The van der Waals surface area contributed by atoms with Crippen LogP contribution in [0.1, 0.15) is 25.7 Å². The summed E-state index contributed by atoms with van der Waals surface area (Å²) in [6, 6.07) is 4.06. The molecule has 2 saturated heterocycles. The molecule has 0 bridgehead atoms. The number of carbonyl (C=O) groups excluding carboxylic acids is 1. The van der Waals surface area contributed by atoms with Crippen molar-refractivity contribution in [1.29, 1.82) is 0 Å². The highest BCUT2D eigenvalue weighted by atomic mass is 32.2. The van der Waals surface area contributed by atoms with Crippen LogP contribution in [0.3, 0.4) is 0 Å². The van der Waals surface area contributed by atoms with Gasteiger partial charge < -0.3 is 10.6 Å². The van der Waals surface area contributed by atoms with Crippen LogP contribution in [0.4, 0.5) is 5.69 Å². The number of likely N-dealkylation sites (tertiary alicyclic amines) is 1. The zero-order valence-corrected chi connectivity index (χ0v) is 15.8. The van der Waals surface area contributed by atoms with Gasteiger partial charge in [-0.25, -0.2) is 8.42 Å². The first-order chi connectivity index (χ1) is 12.8. The Kier molecular flexibility index (Phi) is 5.78. The number of nitro groups is 1. The van der Waals surface area contributed by atoms with Gasteiger partial charge in [-0.2, -0.15) is 4.31 Å². The lowest BCUT2D eigenvalue weighted by atomic mass is 10.0. The van der Waals surface area contributed by atoms with Crippen LogP contribution in [-0.4, -0.2) is 60.7 Å². The maximum Gasteiger partial charge on any atom is 0.269 e. The van der Waals surface area contributed by atoms with E-state index < -0.39 is 21.0 Å². The molecule has 2 atom stereocenters. The molecule has 2 aliphatic rings. The highest BCUT2D eigenvalue weighted by Crippen LogP contribution is 2.29. The highest BCUT2D eigenvalue weighted by molar-refractivity contribution is 7.89. The number of hydrogen-bond donors (Lipinski definition) is 1. The van der Waals surface area contributed by atoms with Gasteiger partial charge in [0, 0.05) is 31.8 Å². The molecular formula is C17H24N4O5S. The minimum Gasteiger partial charge on any atom is -0.341 e. The van der Waals surface area contributed by atoms with Gasteiger partial charge in [0.25, 0.3) is 5.69 Å². The Morgan fingerprint density at radius 3 is 2.48 bits per heavy atom. The third-order valence-electron chi connectivity index (χ3n) is 5.32. The van der Waals surface area contributed by atoms with Crippen molar-refractivity contribution in [2.24, 2.45) is 11.7 Å². The second kappa shape index (κ2) is 7.91. The minimum atomic E-state index is -3.91. The van der Waals surface area contributed by atoms with Crippen molar-refractivity contribution >= 4 is 21.6 Å². The Hall–Kier alpha value is -2.04. The number of sulfonamides is 1. The van der Waals surface area contributed by atoms with E-state index in [2.05, 4.69) is 0 Å². The monoisotopic (exact) mass is 396 g/mol. The first-order valence-corrected chi connectivity index (χ1v) is 10.5. The third kappa shape index (κ3) is 3.97. The van der Waals surface area contributed by atoms with E-state index in [-0.39, 0.29) is 29.0 Å². The van der Waals surface area contributed by atoms with E-state index in [0.717, 1.165) is 12.8 Å². The summed E-state index contributed by atoms with van der Waals surface area (Å²) in [5, 5.41) is 10.8. The SMILES string of the molecule is NCC1CCN(C(=O)C2CCCCN2S(=O)(=O)c2ccc([N+](=O)[O-])cc2)C1. The predicted octanol–water partition coefficient (Wildman–Crippen LogP) is 0.945. The van der Waals surface area contributed by atoms with Crippen LogP contribution in [0.25, 0.3) is 0 Å². The van der Waals surface area contributed by atoms with Crippen molar-refractivity contribution in [3.8, 4) is 0 Å². The van der Waals surface area contributed by atoms with Crippen molar-refractivity contribution in [2.75, 3.05) is 26.2 Å². The normalized spacial score (nSPS) is 24.1. The Morgan fingerprint density at radius 1 is 1.19 bits per heavy atom. The van der Waals surface area contributed by atoms with E-state index in [0.29, 0.717) is 32.5 Å². The number of carbonyl (C=O) groups is 1. The highest BCUT2D eigenvalue weighted by Gasteiger charge is 2.40. The summed E-state index contributed by atoms with van der Waals surface area (Å²) in [4.78, 5) is 24.9. The standard InChI is InChI=1S/C17H24N4O5S/c18-11-13-8-10-19(12-13)17(22)16-3-1-2-9-20(16)27(25,26)15-6-4-14(5-7-15)21(23)24/h4-7,13,16H,1-3,8-12,18H2. The first kappa shape index (κ1) is 19.7. The zero-order valence-electron chi connectivity index (χ0n) is 15.0. The Morgan fingerprint density at radius 2 is 1.89 bits per heavy atom. The summed E-state index contributed by atoms with van der Waals surface area (Å²) >= 11 is 0. The summed E-state index contributed by atoms with van der Waals surface area (Å²) < 4.78 is 27.4. The second-order valence-electron chi connectivity index (χ2n) is 7.05. The quantitative estimate of drug-likeness (QED) is 0.583. The molecule has 2 aliphatic heterocycles. The second-order valence-corrected chi connectivity index (χ2v) is 8.94. The lowest BCUT2D eigenvalue weighted by molar-refractivity contribution is -0.384. The average molecular weight is 396 g/mol.